The van der Waals surface area contributed by atoms with E-state index in [0.717, 1.165) is 6.42 Å². The van der Waals surface area contributed by atoms with Crippen molar-refractivity contribution >= 4 is 5.91 Å². The minimum atomic E-state index is -0.0958. The third-order valence-corrected chi connectivity index (χ3v) is 1.98. The lowest BCUT2D eigenvalue weighted by atomic mass is 10.2. The highest BCUT2D eigenvalue weighted by Gasteiger charge is 2.08. The maximum atomic E-state index is 11.3. The smallest absolute Gasteiger partial charge is 0.221 e. The Morgan fingerprint density at radius 2 is 2.07 bits per heavy atom. The van der Waals surface area contributed by atoms with Gasteiger partial charge in [-0.3, -0.25) is 4.79 Å². The highest BCUT2D eigenvalue weighted by Crippen LogP contribution is 1.90. The SMILES string of the molecule is CCC(CO)NC(=O)CCNC(C)C. The molecule has 0 aliphatic heterocycles. The Balaban J connectivity index is 3.54. The van der Waals surface area contributed by atoms with Gasteiger partial charge >= 0.3 is 0 Å². The van der Waals surface area contributed by atoms with Crippen molar-refractivity contribution in [2.24, 2.45) is 0 Å². The van der Waals surface area contributed by atoms with E-state index in [1.807, 2.05) is 20.8 Å². The van der Waals surface area contributed by atoms with E-state index in [2.05, 4.69) is 10.6 Å². The molecule has 0 spiro atoms. The van der Waals surface area contributed by atoms with Crippen molar-refractivity contribution in [3.8, 4) is 0 Å². The fourth-order valence-corrected chi connectivity index (χ4v) is 1.05. The van der Waals surface area contributed by atoms with Crippen molar-refractivity contribution in [3.63, 3.8) is 0 Å². The van der Waals surface area contributed by atoms with Crippen LogP contribution in [0, 0.1) is 0 Å². The minimum Gasteiger partial charge on any atom is -0.394 e. The van der Waals surface area contributed by atoms with Crippen molar-refractivity contribution in [2.75, 3.05) is 13.2 Å². The molecule has 0 bridgehead atoms. The normalized spacial score (nSPS) is 12.9. The summed E-state index contributed by atoms with van der Waals surface area (Å²) in [4.78, 5) is 11.3. The summed E-state index contributed by atoms with van der Waals surface area (Å²) in [5, 5.41) is 14.8. The molecule has 0 heterocycles. The van der Waals surface area contributed by atoms with Crippen LogP contribution in [0.4, 0.5) is 0 Å². The molecule has 4 nitrogen and oxygen atoms in total. The van der Waals surface area contributed by atoms with Crippen LogP contribution in [0.15, 0.2) is 0 Å². The molecule has 0 saturated carbocycles. The number of rotatable bonds is 7. The molecule has 0 aromatic carbocycles. The van der Waals surface area contributed by atoms with Crippen LogP contribution < -0.4 is 10.6 Å². The first kappa shape index (κ1) is 13.4. The number of carbonyl (C=O) groups is 1. The minimum absolute atomic E-state index is 0.000880. The van der Waals surface area contributed by atoms with Crippen LogP contribution in [-0.4, -0.2) is 36.2 Å². The number of aliphatic hydroxyl groups excluding tert-OH is 1. The topological polar surface area (TPSA) is 61.4 Å². The second-order valence-corrected chi connectivity index (χ2v) is 3.71. The molecule has 0 aromatic rings. The second-order valence-electron chi connectivity index (χ2n) is 3.71. The van der Waals surface area contributed by atoms with E-state index in [1.165, 1.54) is 0 Å². The summed E-state index contributed by atoms with van der Waals surface area (Å²) in [7, 11) is 0. The van der Waals surface area contributed by atoms with Gasteiger partial charge in [-0.25, -0.2) is 0 Å². The molecule has 1 unspecified atom stereocenters. The zero-order chi connectivity index (χ0) is 11.0. The molecular formula is C10H22N2O2. The molecule has 0 rings (SSSR count). The number of carbonyl (C=O) groups excluding carboxylic acids is 1. The van der Waals surface area contributed by atoms with Gasteiger partial charge in [0.25, 0.3) is 0 Å². The van der Waals surface area contributed by atoms with Gasteiger partial charge in [-0.2, -0.15) is 0 Å². The van der Waals surface area contributed by atoms with Crippen LogP contribution in [0.25, 0.3) is 0 Å². The van der Waals surface area contributed by atoms with E-state index in [9.17, 15) is 4.79 Å². The number of nitrogens with one attached hydrogen (secondary N) is 2. The zero-order valence-corrected chi connectivity index (χ0v) is 9.34. The van der Waals surface area contributed by atoms with Crippen molar-refractivity contribution < 1.29 is 9.90 Å². The Morgan fingerprint density at radius 3 is 2.50 bits per heavy atom. The second kappa shape index (κ2) is 7.76. The molecular weight excluding hydrogens is 180 g/mol. The lowest BCUT2D eigenvalue weighted by Crippen LogP contribution is -2.38. The Kier molecular flexibility index (Phi) is 7.42. The van der Waals surface area contributed by atoms with Gasteiger partial charge in [0.05, 0.1) is 12.6 Å². The van der Waals surface area contributed by atoms with E-state index in [4.69, 9.17) is 5.11 Å². The predicted molar refractivity (Wildman–Crippen MR) is 57.1 cm³/mol. The molecule has 14 heavy (non-hydrogen) atoms. The Hall–Kier alpha value is -0.610. The highest BCUT2D eigenvalue weighted by atomic mass is 16.3. The molecule has 1 atom stereocenters. The first-order chi connectivity index (χ1) is 6.60. The Labute approximate surface area is 86.1 Å². The van der Waals surface area contributed by atoms with Crippen molar-refractivity contribution in [1.29, 1.82) is 0 Å². The monoisotopic (exact) mass is 202 g/mol. The van der Waals surface area contributed by atoms with Crippen LogP contribution >= 0.6 is 0 Å². The summed E-state index contributed by atoms with van der Waals surface area (Å²) in [5.74, 6) is -0.000880. The van der Waals surface area contributed by atoms with Crippen molar-refractivity contribution in [3.05, 3.63) is 0 Å². The molecule has 4 heteroatoms. The van der Waals surface area contributed by atoms with Gasteiger partial charge in [-0.05, 0) is 6.42 Å². The molecule has 0 radical (unpaired) electrons. The first-order valence-corrected chi connectivity index (χ1v) is 5.23. The fraction of sp³-hybridized carbons (Fsp3) is 0.900. The molecule has 0 aliphatic carbocycles. The maximum absolute atomic E-state index is 11.3. The summed E-state index contributed by atoms with van der Waals surface area (Å²) < 4.78 is 0. The quantitative estimate of drug-likeness (QED) is 0.555. The molecule has 0 aromatic heterocycles. The Morgan fingerprint density at radius 1 is 1.43 bits per heavy atom. The lowest BCUT2D eigenvalue weighted by molar-refractivity contribution is -0.122. The van der Waals surface area contributed by atoms with Crippen molar-refractivity contribution in [1.82, 2.24) is 10.6 Å². The molecule has 0 saturated heterocycles. The zero-order valence-electron chi connectivity index (χ0n) is 9.34. The van der Waals surface area contributed by atoms with E-state index in [-0.39, 0.29) is 18.6 Å². The highest BCUT2D eigenvalue weighted by molar-refractivity contribution is 5.76. The maximum Gasteiger partial charge on any atom is 0.221 e. The van der Waals surface area contributed by atoms with Crippen molar-refractivity contribution in [2.45, 2.75) is 45.7 Å². The first-order valence-electron chi connectivity index (χ1n) is 5.23. The van der Waals surface area contributed by atoms with Gasteiger partial charge in [0.15, 0.2) is 0 Å². The standard InChI is InChI=1S/C10H22N2O2/c1-4-9(7-13)12-10(14)5-6-11-8(2)3/h8-9,11,13H,4-7H2,1-3H3,(H,12,14). The third-order valence-electron chi connectivity index (χ3n) is 1.98. The number of amides is 1. The summed E-state index contributed by atoms with van der Waals surface area (Å²) in [6.07, 6.45) is 1.23. The lowest BCUT2D eigenvalue weighted by Gasteiger charge is -2.14. The van der Waals surface area contributed by atoms with Gasteiger partial charge in [0.2, 0.25) is 5.91 Å². The van der Waals surface area contributed by atoms with Gasteiger partial charge in [0, 0.05) is 19.0 Å². The van der Waals surface area contributed by atoms with Gasteiger partial charge in [0.1, 0.15) is 0 Å². The van der Waals surface area contributed by atoms with Crippen LogP contribution in [0.5, 0.6) is 0 Å². The van der Waals surface area contributed by atoms with Gasteiger partial charge < -0.3 is 15.7 Å². The molecule has 1 amide bonds. The van der Waals surface area contributed by atoms with Gasteiger partial charge in [-0.1, -0.05) is 20.8 Å². The van der Waals surface area contributed by atoms with E-state index in [0.29, 0.717) is 19.0 Å². The van der Waals surface area contributed by atoms with Crippen LogP contribution in [0.3, 0.4) is 0 Å². The predicted octanol–water partition coefficient (Wildman–Crippen LogP) is 0.262. The summed E-state index contributed by atoms with van der Waals surface area (Å²) in [6.45, 7) is 6.72. The third kappa shape index (κ3) is 6.86. The number of hydrogen-bond donors (Lipinski definition) is 3. The molecule has 0 fully saturated rings. The van der Waals surface area contributed by atoms with Crippen LogP contribution in [0.2, 0.25) is 0 Å². The van der Waals surface area contributed by atoms with Crippen LogP contribution in [0.1, 0.15) is 33.6 Å². The molecule has 3 N–H and O–H groups in total. The Bertz CT molecular complexity index is 156. The fourth-order valence-electron chi connectivity index (χ4n) is 1.05. The summed E-state index contributed by atoms with van der Waals surface area (Å²) in [5.41, 5.74) is 0. The van der Waals surface area contributed by atoms with E-state index < -0.39 is 0 Å². The molecule has 0 aliphatic rings. The summed E-state index contributed by atoms with van der Waals surface area (Å²) in [6, 6.07) is 0.309. The number of hydrogen-bond acceptors (Lipinski definition) is 3. The van der Waals surface area contributed by atoms with E-state index >= 15 is 0 Å². The number of aliphatic hydroxyl groups is 1. The average molecular weight is 202 g/mol. The van der Waals surface area contributed by atoms with E-state index in [1.54, 1.807) is 0 Å². The average Bonchev–Trinajstić information content (AvgIpc) is 2.13. The van der Waals surface area contributed by atoms with Crippen LogP contribution in [-0.2, 0) is 4.79 Å². The van der Waals surface area contributed by atoms with Gasteiger partial charge in [-0.15, -0.1) is 0 Å². The molecule has 84 valence electrons. The summed E-state index contributed by atoms with van der Waals surface area (Å²) >= 11 is 0. The largest absolute Gasteiger partial charge is 0.394 e.